The molecule has 0 aromatic rings. The lowest BCUT2D eigenvalue weighted by molar-refractivity contribution is -0.122. The Morgan fingerprint density at radius 2 is 2.07 bits per heavy atom. The van der Waals surface area contributed by atoms with E-state index in [0.717, 1.165) is 32.6 Å². The molecule has 0 radical (unpaired) electrons. The number of carbonyl (C=O) groups is 1. The number of carbonyl (C=O) groups excluding carboxylic acids is 1. The molecule has 88 valence electrons. The quantitative estimate of drug-likeness (QED) is 0.707. The first-order valence-corrected chi connectivity index (χ1v) is 5.79. The van der Waals surface area contributed by atoms with Gasteiger partial charge in [0.05, 0.1) is 0 Å². The van der Waals surface area contributed by atoms with Crippen molar-refractivity contribution >= 4 is 5.91 Å². The highest BCUT2D eigenvalue weighted by Gasteiger charge is 2.15. The molecule has 0 aromatic heterocycles. The number of ether oxygens (including phenoxy) is 1. The second kappa shape index (κ2) is 6.80. The average Bonchev–Trinajstić information content (AvgIpc) is 2.18. The number of hydrogen-bond donors (Lipinski definition) is 2. The Bertz CT molecular complexity index is 189. The monoisotopic (exact) mass is 214 g/mol. The average molecular weight is 214 g/mol. The molecule has 1 aliphatic rings. The molecule has 1 rings (SSSR count). The van der Waals surface area contributed by atoms with E-state index in [1.54, 1.807) is 0 Å². The first kappa shape index (κ1) is 12.5. The van der Waals surface area contributed by atoms with Gasteiger partial charge < -0.3 is 15.4 Å². The lowest BCUT2D eigenvalue weighted by atomic mass is 10.1. The third-order valence-electron chi connectivity index (χ3n) is 2.49. The maximum atomic E-state index is 11.5. The van der Waals surface area contributed by atoms with E-state index < -0.39 is 0 Å². The molecule has 1 saturated heterocycles. The molecule has 0 aromatic carbocycles. The minimum absolute atomic E-state index is 0.148. The Kier molecular flexibility index (Phi) is 5.65. The molecule has 0 saturated carbocycles. The third-order valence-corrected chi connectivity index (χ3v) is 2.49. The SMILES string of the molecule is CC(C)NCCC(=O)NC1CCOCC1. The van der Waals surface area contributed by atoms with E-state index in [4.69, 9.17) is 4.74 Å². The summed E-state index contributed by atoms with van der Waals surface area (Å²) < 4.78 is 5.23. The lowest BCUT2D eigenvalue weighted by Gasteiger charge is -2.23. The van der Waals surface area contributed by atoms with Crippen LogP contribution in [0.1, 0.15) is 33.1 Å². The van der Waals surface area contributed by atoms with Crippen LogP contribution < -0.4 is 10.6 Å². The topological polar surface area (TPSA) is 50.4 Å². The first-order chi connectivity index (χ1) is 7.18. The minimum atomic E-state index is 0.148. The number of amides is 1. The van der Waals surface area contributed by atoms with Gasteiger partial charge in [-0.05, 0) is 12.8 Å². The molecule has 1 aliphatic heterocycles. The van der Waals surface area contributed by atoms with Crippen molar-refractivity contribution in [2.24, 2.45) is 0 Å². The summed E-state index contributed by atoms with van der Waals surface area (Å²) >= 11 is 0. The summed E-state index contributed by atoms with van der Waals surface area (Å²) in [4.78, 5) is 11.5. The van der Waals surface area contributed by atoms with Crippen molar-refractivity contribution in [1.82, 2.24) is 10.6 Å². The standard InChI is InChI=1S/C11H22N2O2/c1-9(2)12-6-3-11(14)13-10-4-7-15-8-5-10/h9-10,12H,3-8H2,1-2H3,(H,13,14). The van der Waals surface area contributed by atoms with E-state index in [1.165, 1.54) is 0 Å². The molecular formula is C11H22N2O2. The molecule has 0 atom stereocenters. The van der Waals surface area contributed by atoms with Crippen molar-refractivity contribution in [3.8, 4) is 0 Å². The number of hydrogen-bond acceptors (Lipinski definition) is 3. The van der Waals surface area contributed by atoms with E-state index in [9.17, 15) is 4.79 Å². The van der Waals surface area contributed by atoms with Crippen molar-refractivity contribution in [3.63, 3.8) is 0 Å². The van der Waals surface area contributed by atoms with Crippen molar-refractivity contribution in [2.75, 3.05) is 19.8 Å². The van der Waals surface area contributed by atoms with Gasteiger partial charge in [0.2, 0.25) is 5.91 Å². The fraction of sp³-hybridized carbons (Fsp3) is 0.909. The maximum absolute atomic E-state index is 11.5. The van der Waals surface area contributed by atoms with Gasteiger partial charge in [0.15, 0.2) is 0 Å². The van der Waals surface area contributed by atoms with E-state index in [1.807, 2.05) is 0 Å². The molecule has 2 N–H and O–H groups in total. The molecule has 15 heavy (non-hydrogen) atoms. The predicted molar refractivity (Wildman–Crippen MR) is 59.7 cm³/mol. The van der Waals surface area contributed by atoms with Crippen molar-refractivity contribution in [1.29, 1.82) is 0 Å². The predicted octanol–water partition coefficient (Wildman–Crippen LogP) is 0.670. The van der Waals surface area contributed by atoms with Crippen LogP contribution in [0.5, 0.6) is 0 Å². The van der Waals surface area contributed by atoms with Gasteiger partial charge in [0.1, 0.15) is 0 Å². The smallest absolute Gasteiger partial charge is 0.221 e. The van der Waals surface area contributed by atoms with E-state index in [0.29, 0.717) is 18.5 Å². The van der Waals surface area contributed by atoms with Crippen LogP contribution in [-0.2, 0) is 9.53 Å². The lowest BCUT2D eigenvalue weighted by Crippen LogP contribution is -2.40. The Morgan fingerprint density at radius 3 is 2.67 bits per heavy atom. The second-order valence-electron chi connectivity index (χ2n) is 4.31. The zero-order chi connectivity index (χ0) is 11.1. The van der Waals surface area contributed by atoms with Gasteiger partial charge in [0, 0.05) is 38.3 Å². The van der Waals surface area contributed by atoms with Gasteiger partial charge in [-0.1, -0.05) is 13.8 Å². The first-order valence-electron chi connectivity index (χ1n) is 5.79. The highest BCUT2D eigenvalue weighted by Crippen LogP contribution is 2.05. The fourth-order valence-corrected chi connectivity index (χ4v) is 1.62. The normalized spacial score (nSPS) is 18.1. The molecule has 4 nitrogen and oxygen atoms in total. The van der Waals surface area contributed by atoms with Crippen LogP contribution in [0.4, 0.5) is 0 Å². The summed E-state index contributed by atoms with van der Waals surface area (Å²) in [5.41, 5.74) is 0. The molecular weight excluding hydrogens is 192 g/mol. The minimum Gasteiger partial charge on any atom is -0.381 e. The van der Waals surface area contributed by atoms with Crippen LogP contribution in [0, 0.1) is 0 Å². The Morgan fingerprint density at radius 1 is 1.40 bits per heavy atom. The highest BCUT2D eigenvalue weighted by atomic mass is 16.5. The van der Waals surface area contributed by atoms with Crippen LogP contribution in [0.2, 0.25) is 0 Å². The summed E-state index contributed by atoms with van der Waals surface area (Å²) in [6, 6.07) is 0.770. The second-order valence-corrected chi connectivity index (χ2v) is 4.31. The largest absolute Gasteiger partial charge is 0.381 e. The molecule has 1 heterocycles. The summed E-state index contributed by atoms with van der Waals surface area (Å²) in [6.07, 6.45) is 2.46. The fourth-order valence-electron chi connectivity index (χ4n) is 1.62. The molecule has 0 unspecified atom stereocenters. The van der Waals surface area contributed by atoms with Gasteiger partial charge >= 0.3 is 0 Å². The molecule has 4 heteroatoms. The van der Waals surface area contributed by atoms with Gasteiger partial charge in [0.25, 0.3) is 0 Å². The maximum Gasteiger partial charge on any atom is 0.221 e. The Hall–Kier alpha value is -0.610. The van der Waals surface area contributed by atoms with E-state index in [-0.39, 0.29) is 5.91 Å². The zero-order valence-corrected chi connectivity index (χ0v) is 9.71. The highest BCUT2D eigenvalue weighted by molar-refractivity contribution is 5.76. The summed E-state index contributed by atoms with van der Waals surface area (Å²) in [6.45, 7) is 6.46. The molecule has 1 fully saturated rings. The third kappa shape index (κ3) is 5.74. The molecule has 0 bridgehead atoms. The number of nitrogens with one attached hydrogen (secondary N) is 2. The van der Waals surface area contributed by atoms with Gasteiger partial charge in [-0.25, -0.2) is 0 Å². The Balaban J connectivity index is 2.06. The summed E-state index contributed by atoms with van der Waals surface area (Å²) in [5.74, 6) is 0.148. The van der Waals surface area contributed by atoms with Crippen LogP contribution in [0.15, 0.2) is 0 Å². The summed E-state index contributed by atoms with van der Waals surface area (Å²) in [5, 5.41) is 6.26. The van der Waals surface area contributed by atoms with Crippen LogP contribution in [0.3, 0.4) is 0 Å². The van der Waals surface area contributed by atoms with Crippen LogP contribution in [0.25, 0.3) is 0 Å². The van der Waals surface area contributed by atoms with E-state index >= 15 is 0 Å². The number of rotatable bonds is 5. The van der Waals surface area contributed by atoms with Gasteiger partial charge in [-0.3, -0.25) is 4.79 Å². The van der Waals surface area contributed by atoms with Crippen molar-refractivity contribution < 1.29 is 9.53 Å². The van der Waals surface area contributed by atoms with E-state index in [2.05, 4.69) is 24.5 Å². The van der Waals surface area contributed by atoms with Gasteiger partial charge in [-0.2, -0.15) is 0 Å². The zero-order valence-electron chi connectivity index (χ0n) is 9.71. The van der Waals surface area contributed by atoms with Gasteiger partial charge in [-0.15, -0.1) is 0 Å². The summed E-state index contributed by atoms with van der Waals surface area (Å²) in [7, 11) is 0. The van der Waals surface area contributed by atoms with Crippen LogP contribution >= 0.6 is 0 Å². The van der Waals surface area contributed by atoms with Crippen LogP contribution in [-0.4, -0.2) is 37.7 Å². The molecule has 0 spiro atoms. The van der Waals surface area contributed by atoms with Crippen molar-refractivity contribution in [3.05, 3.63) is 0 Å². The van der Waals surface area contributed by atoms with Crippen molar-refractivity contribution in [2.45, 2.75) is 45.2 Å². The Labute approximate surface area is 91.8 Å². The molecule has 1 amide bonds. The molecule has 0 aliphatic carbocycles.